The number of nitrogens with zero attached hydrogens (tertiary/aromatic N) is 2. The van der Waals surface area contributed by atoms with Crippen LogP contribution >= 0.6 is 0 Å². The van der Waals surface area contributed by atoms with Crippen molar-refractivity contribution < 1.29 is 5.11 Å². The number of nitrogens with two attached hydrogens (primary N) is 2. The lowest BCUT2D eigenvalue weighted by Crippen LogP contribution is -2.22. The number of aromatic hydroxyl groups is 1. The molecule has 1 aromatic carbocycles. The number of rotatable bonds is 2. The van der Waals surface area contributed by atoms with Gasteiger partial charge in [-0.1, -0.05) is 0 Å². The molecule has 0 radical (unpaired) electrons. The molecular weight excluding hydrogens is 240 g/mol. The molecule has 1 aromatic heterocycles. The maximum Gasteiger partial charge on any atom is 0.192 e. The molecular formula is C14H16N4O. The van der Waals surface area contributed by atoms with Crippen molar-refractivity contribution in [3.8, 4) is 16.9 Å². The molecule has 0 aliphatic heterocycles. The van der Waals surface area contributed by atoms with E-state index in [9.17, 15) is 5.11 Å². The normalized spacial score (nSPS) is 10.2. The van der Waals surface area contributed by atoms with Crippen LogP contribution in [0.3, 0.4) is 0 Å². The number of aliphatic imine (C=N–C) groups is 1. The lowest BCUT2D eigenvalue weighted by Gasteiger charge is -2.08. The monoisotopic (exact) mass is 256 g/mol. The van der Waals surface area contributed by atoms with Gasteiger partial charge in [0.25, 0.3) is 0 Å². The topological polar surface area (TPSA) is 97.5 Å². The van der Waals surface area contributed by atoms with Crippen LogP contribution < -0.4 is 11.5 Å². The van der Waals surface area contributed by atoms with Crippen LogP contribution in [0.5, 0.6) is 5.75 Å². The molecule has 0 aliphatic rings. The third kappa shape index (κ3) is 2.82. The zero-order valence-corrected chi connectivity index (χ0v) is 10.9. The fourth-order valence-electron chi connectivity index (χ4n) is 1.88. The van der Waals surface area contributed by atoms with Gasteiger partial charge in [-0.3, -0.25) is 0 Å². The number of phenols is 1. The van der Waals surface area contributed by atoms with Crippen molar-refractivity contribution in [3.05, 3.63) is 41.6 Å². The molecule has 0 atom stereocenters. The van der Waals surface area contributed by atoms with Crippen LogP contribution in [-0.2, 0) is 0 Å². The van der Waals surface area contributed by atoms with E-state index < -0.39 is 0 Å². The van der Waals surface area contributed by atoms with Crippen molar-refractivity contribution in [2.75, 3.05) is 0 Å². The average molecular weight is 256 g/mol. The van der Waals surface area contributed by atoms with E-state index in [0.29, 0.717) is 11.6 Å². The molecule has 0 saturated heterocycles. The molecule has 98 valence electrons. The Labute approximate surface area is 111 Å². The number of aromatic nitrogens is 1. The summed E-state index contributed by atoms with van der Waals surface area (Å²) in [5.74, 6) is 0.779. The molecule has 5 heteroatoms. The number of hydrogen-bond donors (Lipinski definition) is 3. The SMILES string of the molecule is Cc1cc(-c2ccc(N=C(N)N)nc2)cc(C)c1O. The molecule has 0 spiro atoms. The third-order valence-corrected chi connectivity index (χ3v) is 2.82. The Bertz CT molecular complexity index is 605. The van der Waals surface area contributed by atoms with Gasteiger partial charge >= 0.3 is 0 Å². The van der Waals surface area contributed by atoms with E-state index in [1.807, 2.05) is 32.0 Å². The number of pyridine rings is 1. The predicted octanol–water partition coefficient (Wildman–Crippen LogP) is 1.98. The van der Waals surface area contributed by atoms with Crippen LogP contribution in [0.25, 0.3) is 11.1 Å². The molecule has 0 aliphatic carbocycles. The molecule has 0 amide bonds. The van der Waals surface area contributed by atoms with E-state index in [0.717, 1.165) is 22.3 Å². The van der Waals surface area contributed by atoms with Crippen LogP contribution in [0.15, 0.2) is 35.5 Å². The number of aryl methyl sites for hydroxylation is 2. The Morgan fingerprint density at radius 1 is 1.11 bits per heavy atom. The molecule has 0 saturated carbocycles. The highest BCUT2D eigenvalue weighted by atomic mass is 16.3. The Morgan fingerprint density at radius 3 is 2.21 bits per heavy atom. The van der Waals surface area contributed by atoms with E-state index in [4.69, 9.17) is 11.5 Å². The third-order valence-electron chi connectivity index (χ3n) is 2.82. The van der Waals surface area contributed by atoms with E-state index in [1.54, 1.807) is 12.3 Å². The van der Waals surface area contributed by atoms with Crippen molar-refractivity contribution in [2.24, 2.45) is 16.5 Å². The van der Waals surface area contributed by atoms with Crippen molar-refractivity contribution in [3.63, 3.8) is 0 Å². The summed E-state index contributed by atoms with van der Waals surface area (Å²) in [5.41, 5.74) is 14.2. The van der Waals surface area contributed by atoms with Crippen LogP contribution in [0.1, 0.15) is 11.1 Å². The average Bonchev–Trinajstić information content (AvgIpc) is 2.35. The maximum absolute atomic E-state index is 9.76. The lowest BCUT2D eigenvalue weighted by molar-refractivity contribution is 0.467. The number of hydrogen-bond acceptors (Lipinski definition) is 3. The Hall–Kier alpha value is -2.56. The number of phenolic OH excluding ortho intramolecular Hbond substituents is 1. The quantitative estimate of drug-likeness (QED) is 0.565. The summed E-state index contributed by atoms with van der Waals surface area (Å²) < 4.78 is 0. The fraction of sp³-hybridized carbons (Fsp3) is 0.143. The summed E-state index contributed by atoms with van der Waals surface area (Å²) in [6.07, 6.45) is 1.70. The summed E-state index contributed by atoms with van der Waals surface area (Å²) in [5, 5.41) is 9.76. The molecule has 2 aromatic rings. The van der Waals surface area contributed by atoms with E-state index >= 15 is 0 Å². The largest absolute Gasteiger partial charge is 0.507 e. The second-order valence-corrected chi connectivity index (χ2v) is 4.40. The van der Waals surface area contributed by atoms with Crippen LogP contribution in [-0.4, -0.2) is 16.1 Å². The summed E-state index contributed by atoms with van der Waals surface area (Å²) >= 11 is 0. The van der Waals surface area contributed by atoms with Gasteiger partial charge in [0.05, 0.1) is 0 Å². The van der Waals surface area contributed by atoms with Gasteiger partial charge in [-0.15, -0.1) is 0 Å². The van der Waals surface area contributed by atoms with E-state index in [-0.39, 0.29) is 5.96 Å². The summed E-state index contributed by atoms with van der Waals surface area (Å²) in [6, 6.07) is 7.46. The van der Waals surface area contributed by atoms with Crippen molar-refractivity contribution in [2.45, 2.75) is 13.8 Å². The smallest absolute Gasteiger partial charge is 0.192 e. The molecule has 5 nitrogen and oxygen atoms in total. The highest BCUT2D eigenvalue weighted by molar-refractivity contribution is 5.78. The Balaban J connectivity index is 2.40. The molecule has 0 unspecified atom stereocenters. The predicted molar refractivity (Wildman–Crippen MR) is 76.3 cm³/mol. The highest BCUT2D eigenvalue weighted by Crippen LogP contribution is 2.29. The van der Waals surface area contributed by atoms with Gasteiger partial charge in [0.2, 0.25) is 0 Å². The number of benzene rings is 1. The van der Waals surface area contributed by atoms with Crippen LogP contribution in [0.2, 0.25) is 0 Å². The first-order valence-corrected chi connectivity index (χ1v) is 5.83. The Morgan fingerprint density at radius 2 is 1.74 bits per heavy atom. The zero-order valence-electron chi connectivity index (χ0n) is 10.9. The summed E-state index contributed by atoms with van der Waals surface area (Å²) in [6.45, 7) is 3.74. The second kappa shape index (κ2) is 4.97. The summed E-state index contributed by atoms with van der Waals surface area (Å²) in [4.78, 5) is 8.03. The van der Waals surface area contributed by atoms with Gasteiger partial charge in [0.15, 0.2) is 11.8 Å². The molecule has 0 fully saturated rings. The minimum absolute atomic E-state index is 0.0171. The van der Waals surface area contributed by atoms with Gasteiger partial charge in [-0.25, -0.2) is 4.98 Å². The van der Waals surface area contributed by atoms with E-state index in [2.05, 4.69) is 9.98 Å². The minimum Gasteiger partial charge on any atom is -0.507 e. The molecule has 1 heterocycles. The van der Waals surface area contributed by atoms with Crippen molar-refractivity contribution >= 4 is 11.8 Å². The summed E-state index contributed by atoms with van der Waals surface area (Å²) in [7, 11) is 0. The maximum atomic E-state index is 9.76. The first-order chi connectivity index (χ1) is 8.97. The molecule has 2 rings (SSSR count). The second-order valence-electron chi connectivity index (χ2n) is 4.40. The van der Waals surface area contributed by atoms with Gasteiger partial charge in [-0.05, 0) is 54.8 Å². The van der Waals surface area contributed by atoms with Gasteiger partial charge in [0, 0.05) is 11.8 Å². The highest BCUT2D eigenvalue weighted by Gasteiger charge is 2.05. The van der Waals surface area contributed by atoms with Crippen LogP contribution in [0.4, 0.5) is 5.82 Å². The molecule has 5 N–H and O–H groups in total. The molecule has 0 bridgehead atoms. The van der Waals surface area contributed by atoms with Crippen molar-refractivity contribution in [1.82, 2.24) is 4.98 Å². The van der Waals surface area contributed by atoms with Crippen LogP contribution in [0, 0.1) is 13.8 Å². The first-order valence-electron chi connectivity index (χ1n) is 5.83. The molecule has 19 heavy (non-hydrogen) atoms. The minimum atomic E-state index is -0.0171. The fourth-order valence-corrected chi connectivity index (χ4v) is 1.88. The first kappa shape index (κ1) is 12.9. The Kier molecular flexibility index (Phi) is 3.37. The van der Waals surface area contributed by atoms with Gasteiger partial charge in [-0.2, -0.15) is 4.99 Å². The van der Waals surface area contributed by atoms with E-state index in [1.165, 1.54) is 0 Å². The lowest BCUT2D eigenvalue weighted by atomic mass is 10.0. The van der Waals surface area contributed by atoms with Crippen molar-refractivity contribution in [1.29, 1.82) is 0 Å². The zero-order chi connectivity index (χ0) is 14.0. The number of guanidine groups is 1. The standard InChI is InChI=1S/C14H16N4O/c1-8-5-11(6-9(2)13(8)19)10-3-4-12(17-7-10)18-14(15)16/h3-7,19H,1-2H3,(H4,15,16,17,18). The van der Waals surface area contributed by atoms with Gasteiger partial charge in [0.1, 0.15) is 5.75 Å². The van der Waals surface area contributed by atoms with Gasteiger partial charge < -0.3 is 16.6 Å².